The van der Waals surface area contributed by atoms with Crippen molar-refractivity contribution in [2.75, 3.05) is 11.9 Å². The van der Waals surface area contributed by atoms with Gasteiger partial charge in [-0.05, 0) is 42.3 Å². The van der Waals surface area contributed by atoms with Crippen LogP contribution in [0.2, 0.25) is 5.02 Å². The summed E-state index contributed by atoms with van der Waals surface area (Å²) in [6, 6.07) is 8.66. The second-order valence-electron chi connectivity index (χ2n) is 4.03. The van der Waals surface area contributed by atoms with Crippen LogP contribution in [0.3, 0.4) is 0 Å². The lowest BCUT2D eigenvalue weighted by Gasteiger charge is -2.09. The molecule has 0 saturated carbocycles. The number of pyridine rings is 1. The van der Waals surface area contributed by atoms with E-state index in [9.17, 15) is 4.79 Å². The number of carboxylic acid groups (broad SMARTS) is 1. The Kier molecular flexibility index (Phi) is 4.36. The van der Waals surface area contributed by atoms with Crippen LogP contribution in [-0.4, -0.2) is 22.6 Å². The summed E-state index contributed by atoms with van der Waals surface area (Å²) >= 11 is 5.79. The number of nitrogens with one attached hydrogen (secondary N) is 1. The number of aromatic nitrogens is 1. The molecule has 0 aliphatic heterocycles. The van der Waals surface area contributed by atoms with E-state index < -0.39 is 5.97 Å². The van der Waals surface area contributed by atoms with Crippen LogP contribution in [0.4, 0.5) is 5.69 Å². The Morgan fingerprint density at radius 1 is 1.26 bits per heavy atom. The molecule has 0 unspecified atom stereocenters. The molecule has 1 heterocycles. The Labute approximate surface area is 116 Å². The van der Waals surface area contributed by atoms with Crippen molar-refractivity contribution >= 4 is 23.3 Å². The Morgan fingerprint density at radius 3 is 2.68 bits per heavy atom. The second-order valence-corrected chi connectivity index (χ2v) is 4.46. The van der Waals surface area contributed by atoms with Crippen molar-refractivity contribution in [3.63, 3.8) is 0 Å². The van der Waals surface area contributed by atoms with Crippen molar-refractivity contribution < 1.29 is 9.90 Å². The van der Waals surface area contributed by atoms with E-state index in [4.69, 9.17) is 16.7 Å². The summed E-state index contributed by atoms with van der Waals surface area (Å²) in [5.74, 6) is -0.992. The first-order valence-corrected chi connectivity index (χ1v) is 6.20. The minimum Gasteiger partial charge on any atom is -0.478 e. The van der Waals surface area contributed by atoms with E-state index in [2.05, 4.69) is 10.3 Å². The van der Waals surface area contributed by atoms with Crippen LogP contribution in [0.5, 0.6) is 0 Å². The Morgan fingerprint density at radius 2 is 2.00 bits per heavy atom. The number of rotatable bonds is 5. The molecule has 0 bridgehead atoms. The number of carboxylic acids is 1. The van der Waals surface area contributed by atoms with Crippen molar-refractivity contribution in [2.45, 2.75) is 6.42 Å². The van der Waals surface area contributed by atoms with E-state index in [1.807, 2.05) is 12.1 Å². The van der Waals surface area contributed by atoms with E-state index in [-0.39, 0.29) is 5.56 Å². The lowest BCUT2D eigenvalue weighted by atomic mass is 10.1. The predicted octanol–water partition coefficient (Wildman–Crippen LogP) is 3.09. The minimum absolute atomic E-state index is 0.183. The first kappa shape index (κ1) is 13.4. The van der Waals surface area contributed by atoms with Crippen molar-refractivity contribution in [3.05, 3.63) is 58.9 Å². The number of nitrogens with zero attached hydrogens (tertiary/aromatic N) is 1. The average molecular weight is 277 g/mol. The van der Waals surface area contributed by atoms with Gasteiger partial charge >= 0.3 is 5.97 Å². The first-order chi connectivity index (χ1) is 9.16. The number of anilines is 1. The van der Waals surface area contributed by atoms with Gasteiger partial charge < -0.3 is 10.4 Å². The summed E-state index contributed by atoms with van der Waals surface area (Å²) in [5, 5.41) is 12.6. The van der Waals surface area contributed by atoms with E-state index in [1.54, 1.807) is 24.5 Å². The molecule has 0 aliphatic rings. The second kappa shape index (κ2) is 6.20. The van der Waals surface area contributed by atoms with Gasteiger partial charge in [-0.25, -0.2) is 4.79 Å². The third-order valence-electron chi connectivity index (χ3n) is 2.69. The molecule has 0 atom stereocenters. The maximum atomic E-state index is 11.1. The van der Waals surface area contributed by atoms with Crippen molar-refractivity contribution in [2.24, 2.45) is 0 Å². The largest absolute Gasteiger partial charge is 0.478 e. The molecule has 2 aromatic rings. The van der Waals surface area contributed by atoms with Gasteiger partial charge in [0, 0.05) is 29.6 Å². The fraction of sp³-hybridized carbons (Fsp3) is 0.143. The summed E-state index contributed by atoms with van der Waals surface area (Å²) in [7, 11) is 0. The van der Waals surface area contributed by atoms with Crippen LogP contribution in [0, 0.1) is 0 Å². The molecule has 0 fully saturated rings. The number of halogens is 1. The van der Waals surface area contributed by atoms with E-state index in [0.717, 1.165) is 12.0 Å². The highest BCUT2D eigenvalue weighted by Crippen LogP contribution is 2.20. The smallest absolute Gasteiger partial charge is 0.337 e. The number of hydrogen-bond acceptors (Lipinski definition) is 3. The molecule has 0 radical (unpaired) electrons. The van der Waals surface area contributed by atoms with Crippen LogP contribution in [0.15, 0.2) is 42.7 Å². The fourth-order valence-electron chi connectivity index (χ4n) is 1.74. The zero-order valence-electron chi connectivity index (χ0n) is 10.1. The van der Waals surface area contributed by atoms with Crippen LogP contribution in [-0.2, 0) is 6.42 Å². The van der Waals surface area contributed by atoms with E-state index in [0.29, 0.717) is 17.3 Å². The van der Waals surface area contributed by atoms with Gasteiger partial charge in [-0.1, -0.05) is 11.6 Å². The average Bonchev–Trinajstić information content (AvgIpc) is 2.41. The summed E-state index contributed by atoms with van der Waals surface area (Å²) in [6.07, 6.45) is 4.27. The van der Waals surface area contributed by atoms with Gasteiger partial charge in [-0.15, -0.1) is 0 Å². The molecule has 0 aliphatic carbocycles. The quantitative estimate of drug-likeness (QED) is 0.881. The number of carbonyl (C=O) groups is 1. The molecule has 4 nitrogen and oxygen atoms in total. The van der Waals surface area contributed by atoms with Crippen LogP contribution in [0.25, 0.3) is 0 Å². The maximum Gasteiger partial charge on any atom is 0.337 e. The number of aromatic carboxylic acids is 1. The van der Waals surface area contributed by atoms with Crippen LogP contribution in [0.1, 0.15) is 15.9 Å². The van der Waals surface area contributed by atoms with Gasteiger partial charge in [0.1, 0.15) is 0 Å². The third-order valence-corrected chi connectivity index (χ3v) is 2.93. The highest BCUT2D eigenvalue weighted by molar-refractivity contribution is 6.31. The third kappa shape index (κ3) is 3.69. The Hall–Kier alpha value is -2.07. The van der Waals surface area contributed by atoms with Crippen molar-refractivity contribution in [1.29, 1.82) is 0 Å². The minimum atomic E-state index is -0.992. The molecule has 0 amide bonds. The first-order valence-electron chi connectivity index (χ1n) is 5.82. The lowest BCUT2D eigenvalue weighted by Crippen LogP contribution is -2.09. The van der Waals surface area contributed by atoms with E-state index >= 15 is 0 Å². The van der Waals surface area contributed by atoms with Gasteiger partial charge in [-0.3, -0.25) is 4.98 Å². The predicted molar refractivity (Wildman–Crippen MR) is 74.8 cm³/mol. The van der Waals surface area contributed by atoms with Crippen molar-refractivity contribution in [1.82, 2.24) is 4.98 Å². The summed E-state index contributed by atoms with van der Waals surface area (Å²) < 4.78 is 0. The van der Waals surface area contributed by atoms with Gasteiger partial charge in [0.05, 0.1) is 5.56 Å². The maximum absolute atomic E-state index is 11.1. The summed E-state index contributed by atoms with van der Waals surface area (Å²) in [4.78, 5) is 15.0. The zero-order valence-corrected chi connectivity index (χ0v) is 10.9. The molecular weight excluding hydrogens is 264 g/mol. The molecular formula is C14H13ClN2O2. The fourth-order valence-corrected chi connectivity index (χ4v) is 1.91. The normalized spacial score (nSPS) is 10.2. The summed E-state index contributed by atoms with van der Waals surface area (Å²) in [5.41, 5.74) is 1.90. The summed E-state index contributed by atoms with van der Waals surface area (Å²) in [6.45, 7) is 0.645. The standard InChI is InChI=1S/C14H13ClN2O2/c15-11-1-2-13(12(9-11)14(18)19)17-8-5-10-3-6-16-7-4-10/h1-4,6-7,9,17H,5,8H2,(H,18,19). The van der Waals surface area contributed by atoms with Gasteiger partial charge in [-0.2, -0.15) is 0 Å². The monoisotopic (exact) mass is 276 g/mol. The molecule has 2 N–H and O–H groups in total. The molecule has 1 aromatic heterocycles. The molecule has 5 heteroatoms. The number of benzene rings is 1. The SMILES string of the molecule is O=C(O)c1cc(Cl)ccc1NCCc1ccncc1. The highest BCUT2D eigenvalue weighted by atomic mass is 35.5. The Bertz CT molecular complexity index is 573. The highest BCUT2D eigenvalue weighted by Gasteiger charge is 2.10. The molecule has 98 valence electrons. The topological polar surface area (TPSA) is 62.2 Å². The van der Waals surface area contributed by atoms with Gasteiger partial charge in [0.15, 0.2) is 0 Å². The van der Waals surface area contributed by atoms with E-state index in [1.165, 1.54) is 6.07 Å². The van der Waals surface area contributed by atoms with Crippen LogP contribution >= 0.6 is 11.6 Å². The molecule has 19 heavy (non-hydrogen) atoms. The zero-order chi connectivity index (χ0) is 13.7. The van der Waals surface area contributed by atoms with Gasteiger partial charge in [0.25, 0.3) is 0 Å². The molecule has 0 saturated heterocycles. The van der Waals surface area contributed by atoms with Gasteiger partial charge in [0.2, 0.25) is 0 Å². The lowest BCUT2D eigenvalue weighted by molar-refractivity contribution is 0.0698. The molecule has 2 rings (SSSR count). The molecule has 1 aromatic carbocycles. The van der Waals surface area contributed by atoms with Crippen molar-refractivity contribution in [3.8, 4) is 0 Å². The Balaban J connectivity index is 2.02. The molecule has 0 spiro atoms. The number of hydrogen-bond donors (Lipinski definition) is 2. The van der Waals surface area contributed by atoms with Crippen LogP contribution < -0.4 is 5.32 Å².